The molecule has 1 aliphatic carbocycles. The van der Waals surface area contributed by atoms with E-state index in [0.717, 1.165) is 31.7 Å². The first-order chi connectivity index (χ1) is 10.9. The van der Waals surface area contributed by atoms with Gasteiger partial charge < -0.3 is 14.6 Å². The van der Waals surface area contributed by atoms with Crippen molar-refractivity contribution < 1.29 is 24.3 Å². The van der Waals surface area contributed by atoms with Gasteiger partial charge in [-0.3, -0.25) is 10.1 Å². The largest absolute Gasteiger partial charge is 0.478 e. The van der Waals surface area contributed by atoms with Gasteiger partial charge in [0.05, 0.1) is 16.6 Å². The number of hydrogen-bond acceptors (Lipinski definition) is 5. The standard InChI is InChI=1S/C16H21NO6/c1-10(2)16(22-12-5-3-4-6-12)23-14-9-11(15(18)19)7-8-13(14)17(20)21/h7-10,12,16H,3-6H2,1-2H3,(H,18,19). The van der Waals surface area contributed by atoms with Crippen molar-refractivity contribution in [3.63, 3.8) is 0 Å². The van der Waals surface area contributed by atoms with E-state index in [1.165, 1.54) is 12.1 Å². The average Bonchev–Trinajstić information content (AvgIpc) is 2.99. The maximum atomic E-state index is 11.1. The van der Waals surface area contributed by atoms with Crippen molar-refractivity contribution in [1.29, 1.82) is 0 Å². The van der Waals surface area contributed by atoms with Crippen molar-refractivity contribution in [1.82, 2.24) is 0 Å². The highest BCUT2D eigenvalue weighted by Crippen LogP contribution is 2.32. The predicted octanol–water partition coefficient (Wildman–Crippen LogP) is 3.61. The van der Waals surface area contributed by atoms with Gasteiger partial charge in [-0.2, -0.15) is 0 Å². The fourth-order valence-electron chi connectivity index (χ4n) is 2.55. The number of carboxylic acid groups (broad SMARTS) is 1. The third-order valence-corrected chi connectivity index (χ3v) is 3.82. The maximum Gasteiger partial charge on any atom is 0.335 e. The number of nitro groups is 1. The second kappa shape index (κ2) is 7.41. The van der Waals surface area contributed by atoms with Crippen molar-refractivity contribution in [3.05, 3.63) is 33.9 Å². The average molecular weight is 323 g/mol. The Morgan fingerprint density at radius 1 is 1.35 bits per heavy atom. The molecule has 0 spiro atoms. The zero-order valence-corrected chi connectivity index (χ0v) is 13.2. The van der Waals surface area contributed by atoms with E-state index in [0.29, 0.717) is 0 Å². The van der Waals surface area contributed by atoms with Crippen LogP contribution in [-0.2, 0) is 4.74 Å². The highest BCUT2D eigenvalue weighted by Gasteiger charge is 2.27. The molecule has 23 heavy (non-hydrogen) atoms. The second-order valence-electron chi connectivity index (χ2n) is 6.02. The lowest BCUT2D eigenvalue weighted by Gasteiger charge is -2.26. The maximum absolute atomic E-state index is 11.1. The van der Waals surface area contributed by atoms with E-state index >= 15 is 0 Å². The Hall–Kier alpha value is -2.15. The first-order valence-electron chi connectivity index (χ1n) is 7.72. The van der Waals surface area contributed by atoms with Crippen LogP contribution in [0.3, 0.4) is 0 Å². The number of aromatic carboxylic acids is 1. The predicted molar refractivity (Wildman–Crippen MR) is 82.7 cm³/mol. The normalized spacial score (nSPS) is 16.5. The Bertz CT molecular complexity index is 580. The van der Waals surface area contributed by atoms with Crippen LogP contribution in [0.4, 0.5) is 5.69 Å². The minimum absolute atomic E-state index is 0.0244. The number of nitrogens with zero attached hydrogens (tertiary/aromatic N) is 1. The van der Waals surface area contributed by atoms with Crippen LogP contribution >= 0.6 is 0 Å². The van der Waals surface area contributed by atoms with Gasteiger partial charge >= 0.3 is 11.7 Å². The zero-order chi connectivity index (χ0) is 17.0. The van der Waals surface area contributed by atoms with Gasteiger partial charge in [-0.25, -0.2) is 4.79 Å². The van der Waals surface area contributed by atoms with Gasteiger partial charge in [0.15, 0.2) is 0 Å². The van der Waals surface area contributed by atoms with Crippen molar-refractivity contribution in [2.45, 2.75) is 51.9 Å². The Morgan fingerprint density at radius 2 is 2.00 bits per heavy atom. The van der Waals surface area contributed by atoms with Gasteiger partial charge in [0.25, 0.3) is 0 Å². The molecule has 2 rings (SSSR count). The Kier molecular flexibility index (Phi) is 5.54. The first kappa shape index (κ1) is 17.2. The lowest BCUT2D eigenvalue weighted by atomic mass is 10.1. The van der Waals surface area contributed by atoms with E-state index in [9.17, 15) is 14.9 Å². The van der Waals surface area contributed by atoms with Crippen LogP contribution in [0.1, 0.15) is 49.9 Å². The van der Waals surface area contributed by atoms with E-state index in [1.54, 1.807) is 0 Å². The lowest BCUT2D eigenvalue weighted by Crippen LogP contribution is -2.31. The minimum atomic E-state index is -1.16. The molecule has 0 aromatic heterocycles. The quantitative estimate of drug-likeness (QED) is 0.467. The van der Waals surface area contributed by atoms with Crippen molar-refractivity contribution >= 4 is 11.7 Å². The molecular formula is C16H21NO6. The van der Waals surface area contributed by atoms with Gasteiger partial charge in [0.1, 0.15) is 0 Å². The third kappa shape index (κ3) is 4.41. The van der Waals surface area contributed by atoms with Crippen molar-refractivity contribution in [2.75, 3.05) is 0 Å². The molecule has 0 bridgehead atoms. The lowest BCUT2D eigenvalue weighted by molar-refractivity contribution is -0.386. The molecule has 1 unspecified atom stereocenters. The van der Waals surface area contributed by atoms with Gasteiger partial charge in [-0.15, -0.1) is 0 Å². The summed E-state index contributed by atoms with van der Waals surface area (Å²) < 4.78 is 11.6. The zero-order valence-electron chi connectivity index (χ0n) is 13.2. The van der Waals surface area contributed by atoms with Crippen LogP contribution < -0.4 is 4.74 Å². The van der Waals surface area contributed by atoms with Crippen LogP contribution in [0.25, 0.3) is 0 Å². The number of rotatable bonds is 7. The van der Waals surface area contributed by atoms with Crippen LogP contribution in [0.2, 0.25) is 0 Å². The number of carbonyl (C=O) groups is 1. The summed E-state index contributed by atoms with van der Waals surface area (Å²) in [7, 11) is 0. The molecule has 1 aromatic carbocycles. The van der Waals surface area contributed by atoms with E-state index in [-0.39, 0.29) is 29.0 Å². The molecule has 1 saturated carbocycles. The molecule has 1 aliphatic rings. The van der Waals surface area contributed by atoms with Gasteiger partial charge in [0.2, 0.25) is 12.0 Å². The summed E-state index contributed by atoms with van der Waals surface area (Å²) in [5.74, 6) is -1.27. The van der Waals surface area contributed by atoms with Gasteiger partial charge in [-0.05, 0) is 18.9 Å². The Morgan fingerprint density at radius 3 is 2.52 bits per heavy atom. The van der Waals surface area contributed by atoms with E-state index in [4.69, 9.17) is 14.6 Å². The summed E-state index contributed by atoms with van der Waals surface area (Å²) in [6, 6.07) is 3.51. The second-order valence-corrected chi connectivity index (χ2v) is 6.02. The molecule has 1 aromatic rings. The first-order valence-corrected chi connectivity index (χ1v) is 7.72. The van der Waals surface area contributed by atoms with Gasteiger partial charge in [-0.1, -0.05) is 26.7 Å². The number of carboxylic acids is 1. The fourth-order valence-corrected chi connectivity index (χ4v) is 2.55. The van der Waals surface area contributed by atoms with Crippen LogP contribution in [0.5, 0.6) is 5.75 Å². The van der Waals surface area contributed by atoms with Crippen molar-refractivity contribution in [3.8, 4) is 5.75 Å². The number of ether oxygens (including phenoxy) is 2. The molecule has 1 atom stereocenters. The molecule has 1 fully saturated rings. The van der Waals surface area contributed by atoms with Gasteiger partial charge in [0, 0.05) is 18.1 Å². The molecule has 0 saturated heterocycles. The molecule has 126 valence electrons. The molecule has 0 aliphatic heterocycles. The number of nitro benzene ring substituents is 1. The number of benzene rings is 1. The van der Waals surface area contributed by atoms with Crippen LogP contribution in [0, 0.1) is 16.0 Å². The molecule has 1 N–H and O–H groups in total. The highest BCUT2D eigenvalue weighted by molar-refractivity contribution is 5.88. The molecule has 0 amide bonds. The molecular weight excluding hydrogens is 302 g/mol. The Balaban J connectivity index is 2.24. The summed E-state index contributed by atoms with van der Waals surface area (Å²) in [6.07, 6.45) is 3.53. The monoisotopic (exact) mass is 323 g/mol. The molecule has 7 nitrogen and oxygen atoms in total. The number of hydrogen-bond donors (Lipinski definition) is 1. The van der Waals surface area contributed by atoms with Crippen LogP contribution in [-0.4, -0.2) is 28.4 Å². The smallest absolute Gasteiger partial charge is 0.335 e. The Labute approximate surface area is 134 Å². The topological polar surface area (TPSA) is 98.9 Å². The third-order valence-electron chi connectivity index (χ3n) is 3.82. The van der Waals surface area contributed by atoms with Crippen LogP contribution in [0.15, 0.2) is 18.2 Å². The molecule has 0 radical (unpaired) electrons. The fraction of sp³-hybridized carbons (Fsp3) is 0.562. The summed E-state index contributed by atoms with van der Waals surface area (Å²) in [5.41, 5.74) is -0.329. The highest BCUT2D eigenvalue weighted by atomic mass is 16.7. The van der Waals surface area contributed by atoms with E-state index < -0.39 is 17.2 Å². The van der Waals surface area contributed by atoms with E-state index in [1.807, 2.05) is 13.8 Å². The summed E-state index contributed by atoms with van der Waals surface area (Å²) in [6.45, 7) is 3.79. The summed E-state index contributed by atoms with van der Waals surface area (Å²) in [5, 5.41) is 20.2. The van der Waals surface area contributed by atoms with Crippen molar-refractivity contribution in [2.24, 2.45) is 5.92 Å². The summed E-state index contributed by atoms with van der Waals surface area (Å²) in [4.78, 5) is 21.6. The SMILES string of the molecule is CC(C)C(Oc1cc(C(=O)O)ccc1[N+](=O)[O-])OC1CCCC1. The minimum Gasteiger partial charge on any atom is -0.478 e. The summed E-state index contributed by atoms with van der Waals surface area (Å²) >= 11 is 0. The molecule has 7 heteroatoms. The van der Waals surface area contributed by atoms with E-state index in [2.05, 4.69) is 0 Å². The molecule has 0 heterocycles.